The standard InChI is InChI=1S/C24H32N2/c1-26(18-14-22-10-4-6-12-24(22)20-26)17-8-2-7-15-25-16-13-21-9-3-5-11-23(21)19-25/h3-6,9-12,19H,2,7-8,13-18,20H2,1H3/q+2. The average molecular weight is 349 g/mol. The molecule has 2 nitrogen and oxygen atoms in total. The van der Waals surface area contributed by atoms with Crippen LogP contribution >= 0.6 is 0 Å². The van der Waals surface area contributed by atoms with Crippen molar-refractivity contribution in [2.24, 2.45) is 0 Å². The molecule has 1 atom stereocenters. The van der Waals surface area contributed by atoms with Crippen LogP contribution in [0.5, 0.6) is 0 Å². The van der Waals surface area contributed by atoms with Crippen molar-refractivity contribution in [1.29, 1.82) is 0 Å². The van der Waals surface area contributed by atoms with Gasteiger partial charge >= 0.3 is 0 Å². The van der Waals surface area contributed by atoms with Crippen LogP contribution in [0.1, 0.15) is 41.5 Å². The molecular weight excluding hydrogens is 316 g/mol. The van der Waals surface area contributed by atoms with E-state index in [1.807, 2.05) is 0 Å². The van der Waals surface area contributed by atoms with E-state index < -0.39 is 0 Å². The molecule has 2 aromatic carbocycles. The molecule has 136 valence electrons. The first-order chi connectivity index (χ1) is 12.7. The number of rotatable bonds is 6. The van der Waals surface area contributed by atoms with Gasteiger partial charge in [0.1, 0.15) is 19.6 Å². The summed E-state index contributed by atoms with van der Waals surface area (Å²) in [6.45, 7) is 6.23. The van der Waals surface area contributed by atoms with Gasteiger partial charge in [-0.3, -0.25) is 0 Å². The number of likely N-dealkylation sites (N-methyl/N-ethyl adjacent to an activating group) is 1. The van der Waals surface area contributed by atoms with Crippen molar-refractivity contribution in [1.82, 2.24) is 0 Å². The third-order valence-electron chi connectivity index (χ3n) is 6.28. The molecule has 0 saturated heterocycles. The molecule has 0 aliphatic carbocycles. The molecule has 0 fully saturated rings. The van der Waals surface area contributed by atoms with Crippen LogP contribution in [0.3, 0.4) is 0 Å². The maximum Gasteiger partial charge on any atom is 0.170 e. The van der Waals surface area contributed by atoms with Gasteiger partial charge in [0.2, 0.25) is 0 Å². The molecule has 1 unspecified atom stereocenters. The summed E-state index contributed by atoms with van der Waals surface area (Å²) < 4.78 is 3.75. The fourth-order valence-electron chi connectivity index (χ4n) is 4.60. The molecular formula is C24H32N2+2. The predicted molar refractivity (Wildman–Crippen MR) is 109 cm³/mol. The van der Waals surface area contributed by atoms with Crippen LogP contribution in [0.25, 0.3) is 0 Å². The third kappa shape index (κ3) is 4.07. The Kier molecular flexibility index (Phi) is 5.21. The molecule has 2 aromatic rings. The van der Waals surface area contributed by atoms with Crippen LogP contribution in [-0.4, -0.2) is 48.5 Å². The average Bonchev–Trinajstić information content (AvgIpc) is 2.67. The largest absolute Gasteiger partial charge is 0.322 e. The number of unbranched alkanes of at least 4 members (excludes halogenated alkanes) is 2. The van der Waals surface area contributed by atoms with Crippen LogP contribution in [0.2, 0.25) is 0 Å². The number of hydrogen-bond acceptors (Lipinski definition) is 0. The van der Waals surface area contributed by atoms with E-state index in [-0.39, 0.29) is 0 Å². The monoisotopic (exact) mass is 348 g/mol. The van der Waals surface area contributed by atoms with Gasteiger partial charge in [0.25, 0.3) is 0 Å². The molecule has 2 heteroatoms. The lowest BCUT2D eigenvalue weighted by molar-refractivity contribution is -0.924. The highest BCUT2D eigenvalue weighted by Gasteiger charge is 2.27. The number of hydrogen-bond donors (Lipinski definition) is 0. The van der Waals surface area contributed by atoms with Crippen LogP contribution in [0.15, 0.2) is 48.5 Å². The molecule has 4 rings (SSSR count). The summed E-state index contributed by atoms with van der Waals surface area (Å²) in [5.41, 5.74) is 6.07. The molecule has 2 aliphatic heterocycles. The second kappa shape index (κ2) is 7.75. The highest BCUT2D eigenvalue weighted by molar-refractivity contribution is 5.78. The summed E-state index contributed by atoms with van der Waals surface area (Å²) in [7, 11) is 2.45. The fraction of sp³-hybridized carbons (Fsp3) is 0.458. The first-order valence-electron chi connectivity index (χ1n) is 10.3. The van der Waals surface area contributed by atoms with Crippen molar-refractivity contribution in [3.05, 3.63) is 70.8 Å². The first kappa shape index (κ1) is 17.5. The number of benzene rings is 2. The van der Waals surface area contributed by atoms with Gasteiger partial charge in [-0.05, 0) is 30.0 Å². The molecule has 0 radical (unpaired) electrons. The SMILES string of the molecule is C[N+]1(CCCCC[N+]2=Cc3ccccc3CC2)CCc2ccccc2C1. The van der Waals surface area contributed by atoms with E-state index in [4.69, 9.17) is 0 Å². The maximum atomic E-state index is 2.52. The Hall–Kier alpha value is -1.93. The van der Waals surface area contributed by atoms with E-state index in [2.05, 4.69) is 66.4 Å². The molecule has 26 heavy (non-hydrogen) atoms. The zero-order valence-electron chi connectivity index (χ0n) is 16.2. The topological polar surface area (TPSA) is 3.01 Å². The minimum atomic E-state index is 1.18. The molecule has 0 N–H and O–H groups in total. The highest BCUT2D eigenvalue weighted by Crippen LogP contribution is 2.24. The van der Waals surface area contributed by atoms with Gasteiger partial charge in [-0.1, -0.05) is 42.5 Å². The Bertz CT molecular complexity index is 792. The first-order valence-corrected chi connectivity index (χ1v) is 10.3. The summed E-state index contributed by atoms with van der Waals surface area (Å²) in [6.07, 6.45) is 8.82. The normalized spacial score (nSPS) is 21.7. The summed E-state index contributed by atoms with van der Waals surface area (Å²) in [5.74, 6) is 0. The van der Waals surface area contributed by atoms with Crippen molar-refractivity contribution in [3.63, 3.8) is 0 Å². The second-order valence-electron chi connectivity index (χ2n) is 8.42. The smallest absolute Gasteiger partial charge is 0.170 e. The van der Waals surface area contributed by atoms with Gasteiger partial charge in [0, 0.05) is 30.4 Å². The molecule has 0 spiro atoms. The Morgan fingerprint density at radius 2 is 1.62 bits per heavy atom. The zero-order valence-corrected chi connectivity index (χ0v) is 16.2. The highest BCUT2D eigenvalue weighted by atomic mass is 15.3. The van der Waals surface area contributed by atoms with E-state index >= 15 is 0 Å². The Labute approximate surface area is 158 Å². The minimum absolute atomic E-state index is 1.18. The van der Waals surface area contributed by atoms with Gasteiger partial charge in [-0.15, -0.1) is 0 Å². The molecule has 0 bridgehead atoms. The van der Waals surface area contributed by atoms with Crippen LogP contribution in [0, 0.1) is 0 Å². The predicted octanol–water partition coefficient (Wildman–Crippen LogP) is 4.05. The Morgan fingerprint density at radius 1 is 0.846 bits per heavy atom. The number of nitrogens with zero attached hydrogens (tertiary/aromatic N) is 2. The quantitative estimate of drug-likeness (QED) is 0.421. The fourth-order valence-corrected chi connectivity index (χ4v) is 4.60. The lowest BCUT2D eigenvalue weighted by atomic mass is 9.98. The molecule has 2 aliphatic rings. The molecule has 0 aromatic heterocycles. The Morgan fingerprint density at radius 3 is 2.50 bits per heavy atom. The third-order valence-corrected chi connectivity index (χ3v) is 6.28. The number of quaternary nitrogens is 1. The summed E-state index contributed by atoms with van der Waals surface area (Å²) >= 11 is 0. The minimum Gasteiger partial charge on any atom is -0.322 e. The van der Waals surface area contributed by atoms with E-state index in [1.54, 1.807) is 11.1 Å². The second-order valence-corrected chi connectivity index (χ2v) is 8.42. The van der Waals surface area contributed by atoms with Crippen molar-refractivity contribution in [2.75, 3.05) is 33.2 Å². The van der Waals surface area contributed by atoms with E-state index in [0.717, 1.165) is 0 Å². The number of fused-ring (bicyclic) bond motifs is 2. The van der Waals surface area contributed by atoms with Crippen LogP contribution in [0.4, 0.5) is 0 Å². The van der Waals surface area contributed by atoms with Gasteiger partial charge in [0.05, 0.1) is 20.1 Å². The molecule has 2 heterocycles. The van der Waals surface area contributed by atoms with E-state index in [9.17, 15) is 0 Å². The van der Waals surface area contributed by atoms with Gasteiger partial charge in [-0.25, -0.2) is 4.58 Å². The molecule has 0 saturated carbocycles. The van der Waals surface area contributed by atoms with Gasteiger partial charge in [0.15, 0.2) is 6.21 Å². The summed E-state index contributed by atoms with van der Waals surface area (Å²) in [6, 6.07) is 17.9. The zero-order chi connectivity index (χ0) is 17.8. The maximum absolute atomic E-state index is 2.52. The summed E-state index contributed by atoms with van der Waals surface area (Å²) in [5, 5.41) is 0. The lowest BCUT2D eigenvalue weighted by Crippen LogP contribution is -2.48. The van der Waals surface area contributed by atoms with Crippen LogP contribution in [-0.2, 0) is 19.4 Å². The van der Waals surface area contributed by atoms with Crippen LogP contribution < -0.4 is 0 Å². The Balaban J connectivity index is 1.22. The molecule has 0 amide bonds. The lowest BCUT2D eigenvalue weighted by Gasteiger charge is -2.38. The summed E-state index contributed by atoms with van der Waals surface area (Å²) in [4.78, 5) is 0. The van der Waals surface area contributed by atoms with Crippen molar-refractivity contribution in [2.45, 2.75) is 38.6 Å². The van der Waals surface area contributed by atoms with E-state index in [0.29, 0.717) is 0 Å². The van der Waals surface area contributed by atoms with Gasteiger partial charge in [-0.2, -0.15) is 0 Å². The van der Waals surface area contributed by atoms with Crippen molar-refractivity contribution < 1.29 is 9.06 Å². The van der Waals surface area contributed by atoms with Gasteiger partial charge < -0.3 is 4.48 Å². The van der Waals surface area contributed by atoms with Crippen molar-refractivity contribution >= 4 is 6.21 Å². The van der Waals surface area contributed by atoms with Crippen molar-refractivity contribution in [3.8, 4) is 0 Å². The van der Waals surface area contributed by atoms with E-state index in [1.165, 1.54) is 80.4 Å².